The Morgan fingerprint density at radius 2 is 2.22 bits per heavy atom. The van der Waals surface area contributed by atoms with Gasteiger partial charge in [-0.1, -0.05) is 0 Å². The van der Waals surface area contributed by atoms with E-state index in [1.807, 2.05) is 0 Å². The first-order valence-corrected chi connectivity index (χ1v) is 6.75. The molecule has 0 bridgehead atoms. The van der Waals surface area contributed by atoms with Crippen molar-refractivity contribution in [3.8, 4) is 0 Å². The number of nitrogens with one attached hydrogen (secondary N) is 1. The molecule has 0 spiro atoms. The number of thioether (sulfide) groups is 1. The van der Waals surface area contributed by atoms with Crippen LogP contribution in [0.25, 0.3) is 0 Å². The van der Waals surface area contributed by atoms with E-state index in [-0.39, 0.29) is 17.4 Å². The molecule has 6 heteroatoms. The fraction of sp³-hybridized carbons (Fsp3) is 0.333. The highest BCUT2D eigenvalue weighted by Gasteiger charge is 2.24. The second-order valence-electron chi connectivity index (χ2n) is 4.16. The third kappa shape index (κ3) is 2.76. The first-order chi connectivity index (χ1) is 8.58. The first kappa shape index (κ1) is 12.8. The van der Waals surface area contributed by atoms with E-state index in [4.69, 9.17) is 10.8 Å². The number of nitrogens with two attached hydrogens (primary N) is 1. The molecular formula is C12H14N2O3S. The van der Waals surface area contributed by atoms with Gasteiger partial charge in [-0.3, -0.25) is 4.79 Å². The van der Waals surface area contributed by atoms with Gasteiger partial charge in [-0.2, -0.15) is 11.8 Å². The summed E-state index contributed by atoms with van der Waals surface area (Å²) in [6.45, 7) is 0. The zero-order valence-corrected chi connectivity index (χ0v) is 10.5. The number of amides is 1. The molecule has 1 aliphatic heterocycles. The number of hydrogen-bond acceptors (Lipinski definition) is 4. The SMILES string of the molecule is Nc1ccc(NC(=O)C2CCSC2)c(C(=O)O)c1. The summed E-state index contributed by atoms with van der Waals surface area (Å²) in [5.74, 6) is 0.523. The molecule has 2 rings (SSSR count). The van der Waals surface area contributed by atoms with Crippen LogP contribution in [0.1, 0.15) is 16.8 Å². The summed E-state index contributed by atoms with van der Waals surface area (Å²) in [7, 11) is 0. The maximum Gasteiger partial charge on any atom is 0.337 e. The topological polar surface area (TPSA) is 92.4 Å². The molecule has 0 saturated carbocycles. The quantitative estimate of drug-likeness (QED) is 0.723. The highest BCUT2D eigenvalue weighted by molar-refractivity contribution is 7.99. The second kappa shape index (κ2) is 5.30. The molecular weight excluding hydrogens is 252 g/mol. The molecule has 96 valence electrons. The number of rotatable bonds is 3. The van der Waals surface area contributed by atoms with Crippen LogP contribution in [0.4, 0.5) is 11.4 Å². The normalized spacial score (nSPS) is 18.6. The van der Waals surface area contributed by atoms with Crippen molar-refractivity contribution >= 4 is 35.0 Å². The first-order valence-electron chi connectivity index (χ1n) is 5.59. The molecule has 1 aliphatic rings. The third-order valence-corrected chi connectivity index (χ3v) is 3.99. The molecule has 1 heterocycles. The highest BCUT2D eigenvalue weighted by Crippen LogP contribution is 2.26. The number of anilines is 2. The molecule has 18 heavy (non-hydrogen) atoms. The van der Waals surface area contributed by atoms with Gasteiger partial charge < -0.3 is 16.2 Å². The molecule has 1 fully saturated rings. The standard InChI is InChI=1S/C12H14N2O3S/c13-8-1-2-10(9(5-8)12(16)17)14-11(15)7-3-4-18-6-7/h1-2,5,7H,3-4,6,13H2,(H,14,15)(H,16,17). The summed E-state index contributed by atoms with van der Waals surface area (Å²) < 4.78 is 0. The lowest BCUT2D eigenvalue weighted by atomic mass is 10.1. The van der Waals surface area contributed by atoms with Crippen molar-refractivity contribution in [1.29, 1.82) is 0 Å². The van der Waals surface area contributed by atoms with Gasteiger partial charge in [0.25, 0.3) is 0 Å². The molecule has 0 aliphatic carbocycles. The van der Waals surface area contributed by atoms with Crippen LogP contribution in [0.2, 0.25) is 0 Å². The van der Waals surface area contributed by atoms with Crippen LogP contribution in [-0.4, -0.2) is 28.5 Å². The zero-order valence-electron chi connectivity index (χ0n) is 9.68. The Morgan fingerprint density at radius 3 is 2.83 bits per heavy atom. The molecule has 1 saturated heterocycles. The van der Waals surface area contributed by atoms with Crippen LogP contribution < -0.4 is 11.1 Å². The lowest BCUT2D eigenvalue weighted by Gasteiger charge is -2.12. The lowest BCUT2D eigenvalue weighted by Crippen LogP contribution is -2.23. The van der Waals surface area contributed by atoms with Crippen molar-refractivity contribution in [2.75, 3.05) is 22.6 Å². The van der Waals surface area contributed by atoms with Gasteiger partial charge in [0.15, 0.2) is 0 Å². The van der Waals surface area contributed by atoms with E-state index in [0.29, 0.717) is 11.4 Å². The molecule has 1 unspecified atom stereocenters. The molecule has 1 atom stereocenters. The Bertz CT molecular complexity index is 484. The van der Waals surface area contributed by atoms with E-state index in [2.05, 4.69) is 5.32 Å². The largest absolute Gasteiger partial charge is 0.478 e. The number of benzene rings is 1. The van der Waals surface area contributed by atoms with E-state index < -0.39 is 5.97 Å². The number of nitrogen functional groups attached to an aromatic ring is 1. The summed E-state index contributed by atoms with van der Waals surface area (Å²) in [5.41, 5.74) is 6.23. The van der Waals surface area contributed by atoms with Gasteiger partial charge in [0.1, 0.15) is 0 Å². The summed E-state index contributed by atoms with van der Waals surface area (Å²) in [6.07, 6.45) is 0.841. The van der Waals surface area contributed by atoms with E-state index in [1.165, 1.54) is 12.1 Å². The third-order valence-electron chi connectivity index (χ3n) is 2.83. The fourth-order valence-electron chi connectivity index (χ4n) is 1.82. The van der Waals surface area contributed by atoms with Gasteiger partial charge in [-0.15, -0.1) is 0 Å². The van der Waals surface area contributed by atoms with Crippen molar-refractivity contribution in [3.63, 3.8) is 0 Å². The van der Waals surface area contributed by atoms with Crippen LogP contribution in [0, 0.1) is 5.92 Å². The molecule has 1 aromatic carbocycles. The maximum atomic E-state index is 11.9. The number of carboxylic acids is 1. The van der Waals surface area contributed by atoms with Crippen LogP contribution in [0.15, 0.2) is 18.2 Å². The Morgan fingerprint density at radius 1 is 1.44 bits per heavy atom. The lowest BCUT2D eigenvalue weighted by molar-refractivity contribution is -0.119. The highest BCUT2D eigenvalue weighted by atomic mass is 32.2. The van der Waals surface area contributed by atoms with E-state index >= 15 is 0 Å². The minimum Gasteiger partial charge on any atom is -0.478 e. The Labute approximate surface area is 109 Å². The number of hydrogen-bond donors (Lipinski definition) is 3. The average molecular weight is 266 g/mol. The minimum atomic E-state index is -1.10. The van der Waals surface area contributed by atoms with Crippen LogP contribution in [0.3, 0.4) is 0 Å². The predicted molar refractivity (Wildman–Crippen MR) is 71.9 cm³/mol. The number of carbonyl (C=O) groups is 2. The zero-order chi connectivity index (χ0) is 13.1. The summed E-state index contributed by atoms with van der Waals surface area (Å²) in [4.78, 5) is 23.0. The van der Waals surface area contributed by atoms with Gasteiger partial charge in [0, 0.05) is 17.4 Å². The molecule has 0 radical (unpaired) electrons. The number of aromatic carboxylic acids is 1. The van der Waals surface area contributed by atoms with Gasteiger partial charge in [-0.05, 0) is 30.4 Å². The number of carbonyl (C=O) groups excluding carboxylic acids is 1. The number of carboxylic acid groups (broad SMARTS) is 1. The minimum absolute atomic E-state index is 0.0222. The van der Waals surface area contributed by atoms with E-state index in [1.54, 1.807) is 17.8 Å². The van der Waals surface area contributed by atoms with Gasteiger partial charge in [0.05, 0.1) is 11.3 Å². The van der Waals surface area contributed by atoms with Crippen molar-refractivity contribution < 1.29 is 14.7 Å². The van der Waals surface area contributed by atoms with Gasteiger partial charge >= 0.3 is 5.97 Å². The predicted octanol–water partition coefficient (Wildman–Crippen LogP) is 1.66. The van der Waals surface area contributed by atoms with Crippen LogP contribution in [-0.2, 0) is 4.79 Å². The van der Waals surface area contributed by atoms with Crippen LogP contribution in [0.5, 0.6) is 0 Å². The van der Waals surface area contributed by atoms with E-state index in [0.717, 1.165) is 17.9 Å². The van der Waals surface area contributed by atoms with Gasteiger partial charge in [-0.25, -0.2) is 4.79 Å². The molecule has 5 nitrogen and oxygen atoms in total. The summed E-state index contributed by atoms with van der Waals surface area (Å²) >= 11 is 1.74. The maximum absolute atomic E-state index is 11.9. The molecule has 4 N–H and O–H groups in total. The summed E-state index contributed by atoms with van der Waals surface area (Å²) in [6, 6.07) is 4.45. The van der Waals surface area contributed by atoms with Crippen molar-refractivity contribution in [3.05, 3.63) is 23.8 Å². The monoisotopic (exact) mass is 266 g/mol. The Hall–Kier alpha value is -1.69. The summed E-state index contributed by atoms with van der Waals surface area (Å²) in [5, 5.41) is 11.7. The van der Waals surface area contributed by atoms with E-state index in [9.17, 15) is 9.59 Å². The smallest absolute Gasteiger partial charge is 0.337 e. The van der Waals surface area contributed by atoms with Gasteiger partial charge in [0.2, 0.25) is 5.91 Å². The van der Waals surface area contributed by atoms with Crippen LogP contribution >= 0.6 is 11.8 Å². The van der Waals surface area contributed by atoms with Crippen molar-refractivity contribution in [1.82, 2.24) is 0 Å². The Balaban J connectivity index is 2.17. The Kier molecular flexibility index (Phi) is 3.76. The molecule has 0 aromatic heterocycles. The fourth-order valence-corrected chi connectivity index (χ4v) is 3.04. The molecule has 1 aromatic rings. The van der Waals surface area contributed by atoms with Crippen molar-refractivity contribution in [2.45, 2.75) is 6.42 Å². The second-order valence-corrected chi connectivity index (χ2v) is 5.31. The average Bonchev–Trinajstić information content (AvgIpc) is 2.84. The van der Waals surface area contributed by atoms with Crippen molar-refractivity contribution in [2.24, 2.45) is 5.92 Å². The molecule has 1 amide bonds.